The molecule has 0 aliphatic rings. The highest BCUT2D eigenvalue weighted by Crippen LogP contribution is 2.38. The molecule has 0 amide bonds. The molecule has 0 aliphatic carbocycles. The van der Waals surface area contributed by atoms with Gasteiger partial charge in [-0.2, -0.15) is 0 Å². The van der Waals surface area contributed by atoms with Gasteiger partial charge < -0.3 is 18.9 Å². The highest BCUT2D eigenvalue weighted by molar-refractivity contribution is 6.38. The summed E-state index contributed by atoms with van der Waals surface area (Å²) in [5, 5.41) is 1.67. The van der Waals surface area contributed by atoms with Gasteiger partial charge in [-0.05, 0) is 39.2 Å². The van der Waals surface area contributed by atoms with E-state index in [-0.39, 0.29) is 12.5 Å². The molecule has 0 N–H and O–H groups in total. The van der Waals surface area contributed by atoms with Crippen molar-refractivity contribution < 1.29 is 14.3 Å². The average molecular weight is 345 g/mol. The molecule has 2 rings (SSSR count). The Labute approximate surface area is 139 Å². The van der Waals surface area contributed by atoms with E-state index in [0.717, 1.165) is 17.4 Å². The van der Waals surface area contributed by atoms with Crippen LogP contribution in [-0.4, -0.2) is 42.9 Å². The number of rotatable bonds is 5. The van der Waals surface area contributed by atoms with Gasteiger partial charge in [-0.1, -0.05) is 23.2 Å². The highest BCUT2D eigenvalue weighted by atomic mass is 35.5. The van der Waals surface area contributed by atoms with Crippen molar-refractivity contribution >= 4 is 40.3 Å². The van der Waals surface area contributed by atoms with Gasteiger partial charge in [0.15, 0.2) is 0 Å². The van der Waals surface area contributed by atoms with Crippen molar-refractivity contribution in [1.82, 2.24) is 9.47 Å². The van der Waals surface area contributed by atoms with E-state index in [1.807, 2.05) is 29.6 Å². The second-order valence-corrected chi connectivity index (χ2v) is 5.83. The summed E-state index contributed by atoms with van der Waals surface area (Å²) in [4.78, 5) is 13.7. The number of likely N-dealkylation sites (N-methyl/N-ethyl adjacent to an activating group) is 1. The largest absolute Gasteiger partial charge is 0.515 e. The standard InChI is InChI=1S/C15H18Cl2N2O3/c1-4-21-15(20)22-14-13(17)11-9-10(16)5-6-12(11)19(14)8-7-18(2)3/h5-6,9H,4,7-8H2,1-3H3. The number of nitrogens with zero attached hydrogens (tertiary/aromatic N) is 2. The number of fused-ring (bicyclic) bond motifs is 1. The number of hydrogen-bond acceptors (Lipinski definition) is 4. The van der Waals surface area contributed by atoms with Gasteiger partial charge in [-0.15, -0.1) is 0 Å². The maximum Gasteiger partial charge on any atom is 0.515 e. The average Bonchev–Trinajstić information content (AvgIpc) is 2.70. The third-order valence-corrected chi connectivity index (χ3v) is 3.73. The number of benzene rings is 1. The van der Waals surface area contributed by atoms with Crippen molar-refractivity contribution in [2.75, 3.05) is 27.2 Å². The van der Waals surface area contributed by atoms with Crippen molar-refractivity contribution in [3.63, 3.8) is 0 Å². The smallest absolute Gasteiger partial charge is 0.434 e. The predicted molar refractivity (Wildman–Crippen MR) is 88.2 cm³/mol. The van der Waals surface area contributed by atoms with Crippen LogP contribution in [0.5, 0.6) is 5.88 Å². The molecule has 0 saturated carbocycles. The van der Waals surface area contributed by atoms with Crippen LogP contribution < -0.4 is 4.74 Å². The lowest BCUT2D eigenvalue weighted by Crippen LogP contribution is -2.20. The lowest BCUT2D eigenvalue weighted by molar-refractivity contribution is 0.101. The van der Waals surface area contributed by atoms with Crippen LogP contribution in [0.4, 0.5) is 4.79 Å². The lowest BCUT2D eigenvalue weighted by atomic mass is 10.2. The maximum atomic E-state index is 11.6. The first-order valence-corrected chi connectivity index (χ1v) is 7.66. The van der Waals surface area contributed by atoms with Crippen LogP contribution in [0.25, 0.3) is 10.9 Å². The van der Waals surface area contributed by atoms with Crippen LogP contribution >= 0.6 is 23.2 Å². The van der Waals surface area contributed by atoms with E-state index in [0.29, 0.717) is 16.6 Å². The fraction of sp³-hybridized carbons (Fsp3) is 0.400. The van der Waals surface area contributed by atoms with E-state index in [4.69, 9.17) is 32.7 Å². The number of ether oxygens (including phenoxy) is 2. The number of carbonyl (C=O) groups excluding carboxylic acids is 1. The second-order valence-electron chi connectivity index (χ2n) is 5.02. The van der Waals surface area contributed by atoms with E-state index in [1.54, 1.807) is 19.1 Å². The summed E-state index contributed by atoms with van der Waals surface area (Å²) in [6, 6.07) is 5.39. The molecule has 0 fully saturated rings. The molecule has 1 heterocycles. The summed E-state index contributed by atoms with van der Waals surface area (Å²) in [6.07, 6.45) is -0.774. The summed E-state index contributed by atoms with van der Waals surface area (Å²) in [5.74, 6) is 0.277. The molecule has 120 valence electrons. The monoisotopic (exact) mass is 344 g/mol. The summed E-state index contributed by atoms with van der Waals surface area (Å²) in [5.41, 5.74) is 0.857. The molecule has 0 atom stereocenters. The lowest BCUT2D eigenvalue weighted by Gasteiger charge is -2.14. The molecule has 7 heteroatoms. The van der Waals surface area contributed by atoms with E-state index in [2.05, 4.69) is 0 Å². The Morgan fingerprint density at radius 1 is 1.32 bits per heavy atom. The first kappa shape index (κ1) is 16.9. The van der Waals surface area contributed by atoms with Crippen LogP contribution in [0.15, 0.2) is 18.2 Å². The predicted octanol–water partition coefficient (Wildman–Crippen LogP) is 4.05. The van der Waals surface area contributed by atoms with E-state index in [1.165, 1.54) is 0 Å². The molecular formula is C15H18Cl2N2O3. The molecule has 0 spiro atoms. The van der Waals surface area contributed by atoms with Gasteiger partial charge in [-0.3, -0.25) is 0 Å². The number of aromatic nitrogens is 1. The molecule has 0 radical (unpaired) electrons. The normalized spacial score (nSPS) is 11.2. The summed E-state index contributed by atoms with van der Waals surface area (Å²) < 4.78 is 12.0. The van der Waals surface area contributed by atoms with Crippen molar-refractivity contribution in [2.24, 2.45) is 0 Å². The van der Waals surface area contributed by atoms with Crippen LogP contribution in [0.3, 0.4) is 0 Å². The Hall–Kier alpha value is -1.43. The van der Waals surface area contributed by atoms with Gasteiger partial charge in [0.2, 0.25) is 5.88 Å². The SMILES string of the molecule is CCOC(=O)Oc1c(Cl)c2cc(Cl)ccc2n1CCN(C)C. The number of carbonyl (C=O) groups is 1. The van der Waals surface area contributed by atoms with E-state index >= 15 is 0 Å². The highest BCUT2D eigenvalue weighted by Gasteiger charge is 2.20. The zero-order valence-electron chi connectivity index (χ0n) is 12.7. The van der Waals surface area contributed by atoms with Crippen molar-refractivity contribution in [3.8, 4) is 5.88 Å². The first-order valence-electron chi connectivity index (χ1n) is 6.90. The third kappa shape index (κ3) is 3.66. The quantitative estimate of drug-likeness (QED) is 0.767. The molecule has 5 nitrogen and oxygen atoms in total. The molecule has 0 unspecified atom stereocenters. The molecule has 0 saturated heterocycles. The minimum Gasteiger partial charge on any atom is -0.434 e. The van der Waals surface area contributed by atoms with Gasteiger partial charge in [0.05, 0.1) is 12.1 Å². The van der Waals surface area contributed by atoms with E-state index in [9.17, 15) is 4.79 Å². The Kier molecular flexibility index (Phi) is 5.56. The molecule has 1 aromatic carbocycles. The molecule has 1 aromatic heterocycles. The van der Waals surface area contributed by atoms with Gasteiger partial charge in [-0.25, -0.2) is 4.79 Å². The summed E-state index contributed by atoms with van der Waals surface area (Å²) >= 11 is 12.4. The minimum atomic E-state index is -0.774. The molecule has 0 aliphatic heterocycles. The molecule has 2 aromatic rings. The Balaban J connectivity index is 2.48. The Morgan fingerprint density at radius 2 is 2.05 bits per heavy atom. The van der Waals surface area contributed by atoms with Gasteiger partial charge >= 0.3 is 6.16 Å². The Bertz CT molecular complexity index is 683. The van der Waals surface area contributed by atoms with Crippen LogP contribution in [0.2, 0.25) is 10.0 Å². The van der Waals surface area contributed by atoms with Gasteiger partial charge in [0, 0.05) is 23.5 Å². The van der Waals surface area contributed by atoms with Gasteiger partial charge in [0.25, 0.3) is 0 Å². The van der Waals surface area contributed by atoms with Crippen molar-refractivity contribution in [1.29, 1.82) is 0 Å². The van der Waals surface area contributed by atoms with Crippen LogP contribution in [0, 0.1) is 0 Å². The van der Waals surface area contributed by atoms with Gasteiger partial charge in [0.1, 0.15) is 5.02 Å². The molecule has 0 bridgehead atoms. The Morgan fingerprint density at radius 3 is 2.68 bits per heavy atom. The number of hydrogen-bond donors (Lipinski definition) is 0. The van der Waals surface area contributed by atoms with Crippen molar-refractivity contribution in [3.05, 3.63) is 28.2 Å². The van der Waals surface area contributed by atoms with Crippen molar-refractivity contribution in [2.45, 2.75) is 13.5 Å². The molecular weight excluding hydrogens is 327 g/mol. The van der Waals surface area contributed by atoms with E-state index < -0.39 is 6.16 Å². The zero-order chi connectivity index (χ0) is 16.3. The fourth-order valence-electron chi connectivity index (χ4n) is 2.11. The summed E-state index contributed by atoms with van der Waals surface area (Å²) in [6.45, 7) is 3.33. The summed E-state index contributed by atoms with van der Waals surface area (Å²) in [7, 11) is 3.94. The maximum absolute atomic E-state index is 11.6. The topological polar surface area (TPSA) is 43.7 Å². The molecule has 22 heavy (non-hydrogen) atoms. The van der Waals surface area contributed by atoms with Crippen LogP contribution in [-0.2, 0) is 11.3 Å². The minimum absolute atomic E-state index is 0.236. The van der Waals surface area contributed by atoms with Crippen LogP contribution in [0.1, 0.15) is 6.92 Å². The fourth-order valence-corrected chi connectivity index (χ4v) is 2.57. The zero-order valence-corrected chi connectivity index (χ0v) is 14.2. The second kappa shape index (κ2) is 7.22. The number of halogens is 2. The third-order valence-electron chi connectivity index (χ3n) is 3.13. The first-order chi connectivity index (χ1) is 10.4.